The van der Waals surface area contributed by atoms with Crippen molar-refractivity contribution in [3.63, 3.8) is 0 Å². The van der Waals surface area contributed by atoms with Gasteiger partial charge in [0.2, 0.25) is 0 Å². The van der Waals surface area contributed by atoms with Gasteiger partial charge in [0, 0.05) is 12.6 Å². The van der Waals surface area contributed by atoms with Gasteiger partial charge < -0.3 is 9.73 Å². The summed E-state index contributed by atoms with van der Waals surface area (Å²) >= 11 is 0. The van der Waals surface area contributed by atoms with Crippen molar-refractivity contribution in [2.45, 2.75) is 32.1 Å². The molecule has 1 N–H and O–H groups in total. The zero-order valence-corrected chi connectivity index (χ0v) is 11.2. The number of oxazole rings is 1. The molecule has 1 heterocycles. The van der Waals surface area contributed by atoms with Gasteiger partial charge in [0.1, 0.15) is 5.52 Å². The molecule has 6 nitrogen and oxygen atoms in total. The van der Waals surface area contributed by atoms with Crippen LogP contribution in [0.5, 0.6) is 0 Å². The number of benzene rings is 1. The van der Waals surface area contributed by atoms with E-state index >= 15 is 0 Å². The summed E-state index contributed by atoms with van der Waals surface area (Å²) in [5.74, 6) is 0.813. The van der Waals surface area contributed by atoms with Crippen molar-refractivity contribution in [1.29, 1.82) is 0 Å². The minimum Gasteiger partial charge on any atom is -0.423 e. The van der Waals surface area contributed by atoms with E-state index in [0.717, 1.165) is 18.9 Å². The smallest absolute Gasteiger partial charge is 0.295 e. The van der Waals surface area contributed by atoms with Crippen LogP contribution in [0, 0.1) is 16.0 Å². The Morgan fingerprint density at radius 3 is 2.95 bits per heavy atom. The fourth-order valence-electron chi connectivity index (χ4n) is 2.78. The van der Waals surface area contributed by atoms with Crippen LogP contribution < -0.4 is 5.32 Å². The first-order chi connectivity index (χ1) is 9.72. The summed E-state index contributed by atoms with van der Waals surface area (Å²) in [5.41, 5.74) is 1.10. The third kappa shape index (κ3) is 2.74. The van der Waals surface area contributed by atoms with Crippen LogP contribution in [0.25, 0.3) is 11.1 Å². The average Bonchev–Trinajstić information content (AvgIpc) is 3.06. The van der Waals surface area contributed by atoms with E-state index in [1.54, 1.807) is 6.07 Å². The molecule has 0 saturated heterocycles. The average molecular weight is 275 g/mol. The van der Waals surface area contributed by atoms with Crippen LogP contribution in [0.15, 0.2) is 22.6 Å². The molecule has 1 aromatic heterocycles. The van der Waals surface area contributed by atoms with Crippen molar-refractivity contribution in [2.24, 2.45) is 5.92 Å². The third-order valence-electron chi connectivity index (χ3n) is 3.89. The first-order valence-corrected chi connectivity index (χ1v) is 7.01. The van der Waals surface area contributed by atoms with Gasteiger partial charge in [-0.25, -0.2) is 0 Å². The summed E-state index contributed by atoms with van der Waals surface area (Å²) in [7, 11) is 0. The number of rotatable bonds is 5. The highest BCUT2D eigenvalue weighted by molar-refractivity contribution is 5.77. The normalized spacial score (nSPS) is 15.8. The van der Waals surface area contributed by atoms with Crippen molar-refractivity contribution < 1.29 is 9.34 Å². The molecule has 6 heteroatoms. The molecule has 1 aliphatic carbocycles. The SMILES string of the molecule is O=[N+]([O-])c1ccc2nc(NCCC3CCCC3)oc2c1. The lowest BCUT2D eigenvalue weighted by atomic mass is 10.0. The number of nitro groups is 1. The summed E-state index contributed by atoms with van der Waals surface area (Å²) < 4.78 is 5.50. The third-order valence-corrected chi connectivity index (χ3v) is 3.89. The van der Waals surface area contributed by atoms with E-state index in [1.165, 1.54) is 37.8 Å². The van der Waals surface area contributed by atoms with Gasteiger partial charge in [0.25, 0.3) is 11.7 Å². The molecular formula is C14H17N3O3. The number of non-ortho nitro benzene ring substituents is 1. The van der Waals surface area contributed by atoms with Gasteiger partial charge in [0.15, 0.2) is 5.58 Å². The second-order valence-electron chi connectivity index (χ2n) is 5.29. The monoisotopic (exact) mass is 275 g/mol. The summed E-state index contributed by atoms with van der Waals surface area (Å²) in [6.45, 7) is 0.833. The Bertz CT molecular complexity index is 617. The molecule has 0 radical (unpaired) electrons. The molecular weight excluding hydrogens is 258 g/mol. The Kier molecular flexibility index (Phi) is 3.54. The lowest BCUT2D eigenvalue weighted by molar-refractivity contribution is -0.384. The van der Waals surface area contributed by atoms with Crippen molar-refractivity contribution in [2.75, 3.05) is 11.9 Å². The van der Waals surface area contributed by atoms with Gasteiger partial charge in [-0.05, 0) is 18.4 Å². The molecule has 1 aliphatic rings. The molecule has 0 atom stereocenters. The fraction of sp³-hybridized carbons (Fsp3) is 0.500. The van der Waals surface area contributed by atoms with E-state index in [9.17, 15) is 10.1 Å². The van der Waals surface area contributed by atoms with E-state index in [0.29, 0.717) is 17.1 Å². The van der Waals surface area contributed by atoms with E-state index in [1.807, 2.05) is 0 Å². The maximum Gasteiger partial charge on any atom is 0.295 e. The Morgan fingerprint density at radius 1 is 1.40 bits per heavy atom. The molecule has 106 valence electrons. The maximum atomic E-state index is 10.7. The van der Waals surface area contributed by atoms with E-state index in [2.05, 4.69) is 10.3 Å². The summed E-state index contributed by atoms with van der Waals surface area (Å²) in [6, 6.07) is 4.90. The van der Waals surface area contributed by atoms with Gasteiger partial charge in [0.05, 0.1) is 11.0 Å². The van der Waals surface area contributed by atoms with Gasteiger partial charge in [-0.2, -0.15) is 4.98 Å². The van der Waals surface area contributed by atoms with Gasteiger partial charge in [-0.3, -0.25) is 10.1 Å². The predicted molar refractivity (Wildman–Crippen MR) is 75.7 cm³/mol. The number of nitrogens with zero attached hydrogens (tertiary/aromatic N) is 2. The Labute approximate surface area is 116 Å². The highest BCUT2D eigenvalue weighted by Crippen LogP contribution is 2.28. The summed E-state index contributed by atoms with van der Waals surface area (Å²) in [5, 5.41) is 13.9. The van der Waals surface area contributed by atoms with Gasteiger partial charge in [-0.15, -0.1) is 0 Å². The van der Waals surface area contributed by atoms with E-state index in [-0.39, 0.29) is 5.69 Å². The number of hydrogen-bond acceptors (Lipinski definition) is 5. The molecule has 0 spiro atoms. The van der Waals surface area contributed by atoms with Crippen LogP contribution in [-0.2, 0) is 0 Å². The topological polar surface area (TPSA) is 81.2 Å². The standard InChI is InChI=1S/C14H17N3O3/c18-17(19)11-5-6-12-13(9-11)20-14(16-12)15-8-7-10-3-1-2-4-10/h5-6,9-10H,1-4,7-8H2,(H,15,16). The van der Waals surface area contributed by atoms with Gasteiger partial charge in [-0.1, -0.05) is 25.7 Å². The van der Waals surface area contributed by atoms with Crippen LogP contribution in [0.1, 0.15) is 32.1 Å². The van der Waals surface area contributed by atoms with Crippen molar-refractivity contribution in [1.82, 2.24) is 4.98 Å². The molecule has 0 unspecified atom stereocenters. The quantitative estimate of drug-likeness (QED) is 0.664. The minimum atomic E-state index is -0.435. The summed E-state index contributed by atoms with van der Waals surface area (Å²) in [6.07, 6.45) is 6.45. The number of fused-ring (bicyclic) bond motifs is 1. The highest BCUT2D eigenvalue weighted by Gasteiger charge is 2.15. The van der Waals surface area contributed by atoms with Crippen molar-refractivity contribution in [3.8, 4) is 0 Å². The molecule has 0 bridgehead atoms. The first-order valence-electron chi connectivity index (χ1n) is 7.01. The second-order valence-corrected chi connectivity index (χ2v) is 5.29. The molecule has 3 rings (SSSR count). The Hall–Kier alpha value is -2.11. The van der Waals surface area contributed by atoms with E-state index < -0.39 is 4.92 Å². The van der Waals surface area contributed by atoms with Crippen molar-refractivity contribution >= 4 is 22.8 Å². The zero-order chi connectivity index (χ0) is 13.9. The lowest BCUT2D eigenvalue weighted by Crippen LogP contribution is -2.06. The van der Waals surface area contributed by atoms with Crippen LogP contribution in [0.3, 0.4) is 0 Å². The zero-order valence-electron chi connectivity index (χ0n) is 11.2. The molecule has 1 aromatic carbocycles. The molecule has 1 saturated carbocycles. The largest absolute Gasteiger partial charge is 0.423 e. The Morgan fingerprint density at radius 2 is 2.20 bits per heavy atom. The predicted octanol–water partition coefficient (Wildman–Crippen LogP) is 3.73. The molecule has 0 amide bonds. The molecule has 1 fully saturated rings. The van der Waals surface area contributed by atoms with Gasteiger partial charge >= 0.3 is 0 Å². The molecule has 2 aromatic rings. The van der Waals surface area contributed by atoms with Crippen LogP contribution in [-0.4, -0.2) is 16.5 Å². The van der Waals surface area contributed by atoms with Crippen LogP contribution in [0.2, 0.25) is 0 Å². The fourth-order valence-corrected chi connectivity index (χ4v) is 2.78. The minimum absolute atomic E-state index is 0.0196. The van der Waals surface area contributed by atoms with E-state index in [4.69, 9.17) is 4.42 Å². The molecule has 20 heavy (non-hydrogen) atoms. The number of nitrogens with one attached hydrogen (secondary N) is 1. The number of aromatic nitrogens is 1. The lowest BCUT2D eigenvalue weighted by Gasteiger charge is -2.07. The molecule has 0 aliphatic heterocycles. The Balaban J connectivity index is 1.64. The highest BCUT2D eigenvalue weighted by atomic mass is 16.6. The second kappa shape index (κ2) is 5.48. The number of anilines is 1. The van der Waals surface area contributed by atoms with Crippen molar-refractivity contribution in [3.05, 3.63) is 28.3 Å². The summed E-state index contributed by atoms with van der Waals surface area (Å²) in [4.78, 5) is 14.5. The maximum absolute atomic E-state index is 10.7. The van der Waals surface area contributed by atoms with Crippen LogP contribution in [0.4, 0.5) is 11.7 Å². The number of nitro benzene ring substituents is 1. The number of hydrogen-bond donors (Lipinski definition) is 1. The first kappa shape index (κ1) is 12.9. The van der Waals surface area contributed by atoms with Crippen LogP contribution >= 0.6 is 0 Å².